The first-order valence-corrected chi connectivity index (χ1v) is 10.1. The van der Waals surface area contributed by atoms with Crippen LogP contribution in [0.25, 0.3) is 0 Å². The zero-order chi connectivity index (χ0) is 21.5. The predicted octanol–water partition coefficient (Wildman–Crippen LogP) is 4.23. The Kier molecular flexibility index (Phi) is 9.42. The summed E-state index contributed by atoms with van der Waals surface area (Å²) >= 11 is 0. The van der Waals surface area contributed by atoms with Gasteiger partial charge in [-0.2, -0.15) is 0 Å². The topological polar surface area (TPSA) is 67.1 Å². The highest BCUT2D eigenvalue weighted by Gasteiger charge is 2.10. The van der Waals surface area contributed by atoms with E-state index < -0.39 is 0 Å². The summed E-state index contributed by atoms with van der Waals surface area (Å²) in [6.07, 6.45) is 0.773. The van der Waals surface area contributed by atoms with Gasteiger partial charge in [-0.3, -0.25) is 0 Å². The number of benzene rings is 2. The summed E-state index contributed by atoms with van der Waals surface area (Å²) in [5, 5.41) is 15.1. The van der Waals surface area contributed by atoms with E-state index in [4.69, 9.17) is 4.99 Å². The first-order chi connectivity index (χ1) is 14.4. The van der Waals surface area contributed by atoms with Crippen LogP contribution in [-0.4, -0.2) is 27.3 Å². The van der Waals surface area contributed by atoms with E-state index in [-0.39, 0.29) is 35.8 Å². The van der Waals surface area contributed by atoms with Crippen molar-refractivity contribution in [3.8, 4) is 0 Å². The minimum atomic E-state index is -0.205. The molecule has 31 heavy (non-hydrogen) atoms. The van der Waals surface area contributed by atoms with E-state index in [9.17, 15) is 4.39 Å². The van der Waals surface area contributed by atoms with Gasteiger partial charge in [-0.05, 0) is 56.0 Å². The molecule has 0 saturated carbocycles. The lowest BCUT2D eigenvalue weighted by Crippen LogP contribution is -2.40. The van der Waals surface area contributed by atoms with Crippen LogP contribution in [-0.2, 0) is 20.0 Å². The molecule has 2 N–H and O–H groups in total. The highest BCUT2D eigenvalue weighted by molar-refractivity contribution is 14.0. The van der Waals surface area contributed by atoms with Crippen molar-refractivity contribution in [3.63, 3.8) is 0 Å². The molecule has 0 saturated heterocycles. The van der Waals surface area contributed by atoms with Crippen LogP contribution < -0.4 is 10.6 Å². The zero-order valence-electron chi connectivity index (χ0n) is 18.4. The molecule has 0 spiro atoms. The van der Waals surface area contributed by atoms with E-state index in [1.807, 2.05) is 49.7 Å². The Morgan fingerprint density at radius 2 is 1.87 bits per heavy atom. The Morgan fingerprint density at radius 3 is 2.52 bits per heavy atom. The molecule has 0 aliphatic rings. The molecule has 0 radical (unpaired) electrons. The molecular formula is C23H30FIN6. The van der Waals surface area contributed by atoms with Crippen molar-refractivity contribution in [2.24, 2.45) is 12.0 Å². The minimum Gasteiger partial charge on any atom is -0.356 e. The standard InChI is InChI=1S/C23H29FN6.HI/c1-16-14-21(24)11-10-19(16)12-13-25-23(26-15-22-29-28-18(3)30(22)4)27-17(2)20-8-6-5-7-9-20;/h5-11,14,17H,12-13,15H2,1-4H3,(H2,25,26,27);1H. The molecule has 1 aromatic heterocycles. The van der Waals surface area contributed by atoms with Gasteiger partial charge in [0.1, 0.15) is 18.2 Å². The molecule has 0 bridgehead atoms. The molecule has 3 rings (SSSR count). The van der Waals surface area contributed by atoms with Crippen LogP contribution in [0.4, 0.5) is 4.39 Å². The van der Waals surface area contributed by atoms with Gasteiger partial charge in [0.15, 0.2) is 11.8 Å². The molecule has 1 heterocycles. The molecule has 6 nitrogen and oxygen atoms in total. The molecule has 2 aromatic carbocycles. The lowest BCUT2D eigenvalue weighted by Gasteiger charge is -2.19. The SMILES string of the molecule is Cc1cc(F)ccc1CCNC(=NCc1nnc(C)n1C)NC(C)c1ccccc1.I. The summed E-state index contributed by atoms with van der Waals surface area (Å²) in [6.45, 7) is 7.05. The largest absolute Gasteiger partial charge is 0.356 e. The molecular weight excluding hydrogens is 506 g/mol. The summed E-state index contributed by atoms with van der Waals surface area (Å²) in [6, 6.07) is 15.2. The average molecular weight is 536 g/mol. The van der Waals surface area contributed by atoms with Crippen LogP contribution >= 0.6 is 24.0 Å². The van der Waals surface area contributed by atoms with Crippen LogP contribution in [0, 0.1) is 19.7 Å². The zero-order valence-corrected chi connectivity index (χ0v) is 20.7. The average Bonchev–Trinajstić information content (AvgIpc) is 3.06. The number of hydrogen-bond donors (Lipinski definition) is 2. The number of nitrogens with one attached hydrogen (secondary N) is 2. The maximum absolute atomic E-state index is 13.3. The predicted molar refractivity (Wildman–Crippen MR) is 133 cm³/mol. The van der Waals surface area contributed by atoms with E-state index in [1.165, 1.54) is 11.6 Å². The molecule has 0 aliphatic heterocycles. The Hall–Kier alpha value is -2.49. The van der Waals surface area contributed by atoms with Gasteiger partial charge in [-0.15, -0.1) is 34.2 Å². The van der Waals surface area contributed by atoms with E-state index in [1.54, 1.807) is 6.07 Å². The van der Waals surface area contributed by atoms with E-state index >= 15 is 0 Å². The molecule has 0 aliphatic carbocycles. The van der Waals surface area contributed by atoms with Gasteiger partial charge >= 0.3 is 0 Å². The van der Waals surface area contributed by atoms with E-state index in [0.717, 1.165) is 29.2 Å². The highest BCUT2D eigenvalue weighted by atomic mass is 127. The first kappa shape index (κ1) is 24.8. The second-order valence-electron chi connectivity index (χ2n) is 7.41. The summed E-state index contributed by atoms with van der Waals surface area (Å²) in [7, 11) is 1.94. The van der Waals surface area contributed by atoms with Gasteiger partial charge < -0.3 is 15.2 Å². The number of rotatable bonds is 7. The fourth-order valence-corrected chi connectivity index (χ4v) is 3.18. The third-order valence-electron chi connectivity index (χ3n) is 5.21. The fourth-order valence-electron chi connectivity index (χ4n) is 3.18. The third kappa shape index (κ3) is 7.02. The van der Waals surface area contributed by atoms with Crippen molar-refractivity contribution in [2.75, 3.05) is 6.54 Å². The molecule has 1 unspecified atom stereocenters. The number of nitrogens with zero attached hydrogens (tertiary/aromatic N) is 4. The fraction of sp³-hybridized carbons (Fsp3) is 0.348. The first-order valence-electron chi connectivity index (χ1n) is 10.1. The number of aryl methyl sites for hydroxylation is 2. The number of hydrogen-bond acceptors (Lipinski definition) is 3. The van der Waals surface area contributed by atoms with Crippen LogP contribution in [0.1, 0.15) is 41.3 Å². The lowest BCUT2D eigenvalue weighted by molar-refractivity contribution is 0.625. The van der Waals surface area contributed by atoms with Crippen molar-refractivity contribution in [1.82, 2.24) is 25.4 Å². The monoisotopic (exact) mass is 536 g/mol. The van der Waals surface area contributed by atoms with Crippen LogP contribution in [0.3, 0.4) is 0 Å². The summed E-state index contributed by atoms with van der Waals surface area (Å²) in [5.41, 5.74) is 3.25. The normalized spacial score (nSPS) is 12.2. The molecule has 166 valence electrons. The van der Waals surface area contributed by atoms with Crippen LogP contribution in [0.5, 0.6) is 0 Å². The van der Waals surface area contributed by atoms with Gasteiger partial charge in [0.25, 0.3) is 0 Å². The number of aliphatic imine (C=N–C) groups is 1. The lowest BCUT2D eigenvalue weighted by atomic mass is 10.1. The minimum absolute atomic E-state index is 0. The molecule has 1 atom stereocenters. The Labute approximate surface area is 200 Å². The van der Waals surface area contributed by atoms with Crippen molar-refractivity contribution in [1.29, 1.82) is 0 Å². The highest BCUT2D eigenvalue weighted by Crippen LogP contribution is 2.12. The second kappa shape index (κ2) is 11.8. The molecule has 8 heteroatoms. The molecule has 3 aromatic rings. The van der Waals surface area contributed by atoms with Gasteiger partial charge in [0.2, 0.25) is 0 Å². The van der Waals surface area contributed by atoms with Crippen LogP contribution in [0.2, 0.25) is 0 Å². The van der Waals surface area contributed by atoms with Crippen LogP contribution in [0.15, 0.2) is 53.5 Å². The Morgan fingerprint density at radius 1 is 1.13 bits per heavy atom. The van der Waals surface area contributed by atoms with Gasteiger partial charge in [0, 0.05) is 13.6 Å². The molecule has 0 fully saturated rings. The third-order valence-corrected chi connectivity index (χ3v) is 5.21. The summed E-state index contributed by atoms with van der Waals surface area (Å²) < 4.78 is 15.3. The van der Waals surface area contributed by atoms with Gasteiger partial charge in [0.05, 0.1) is 6.04 Å². The van der Waals surface area contributed by atoms with Gasteiger partial charge in [-0.1, -0.05) is 36.4 Å². The second-order valence-corrected chi connectivity index (χ2v) is 7.41. The van der Waals surface area contributed by atoms with E-state index in [0.29, 0.717) is 19.0 Å². The summed E-state index contributed by atoms with van der Waals surface area (Å²) in [4.78, 5) is 4.71. The Balaban J connectivity index is 0.00000341. The number of guanidine groups is 1. The van der Waals surface area contributed by atoms with Crippen molar-refractivity contribution in [2.45, 2.75) is 39.8 Å². The van der Waals surface area contributed by atoms with Crippen molar-refractivity contribution < 1.29 is 4.39 Å². The van der Waals surface area contributed by atoms with Gasteiger partial charge in [-0.25, -0.2) is 9.38 Å². The Bertz CT molecular complexity index is 1000. The number of aromatic nitrogens is 3. The number of halogens is 2. The summed E-state index contributed by atoms with van der Waals surface area (Å²) in [5.74, 6) is 2.15. The van der Waals surface area contributed by atoms with Crippen molar-refractivity contribution in [3.05, 3.63) is 82.7 Å². The maximum atomic E-state index is 13.3. The smallest absolute Gasteiger partial charge is 0.192 e. The van der Waals surface area contributed by atoms with E-state index in [2.05, 4.69) is 39.9 Å². The van der Waals surface area contributed by atoms with Crippen molar-refractivity contribution >= 4 is 29.9 Å². The quantitative estimate of drug-likeness (QED) is 0.270. The maximum Gasteiger partial charge on any atom is 0.192 e. The molecule has 0 amide bonds.